The van der Waals surface area contributed by atoms with E-state index in [9.17, 15) is 9.18 Å². The maximum atomic E-state index is 13.1. The van der Waals surface area contributed by atoms with Crippen molar-refractivity contribution in [1.82, 2.24) is 9.80 Å². The first kappa shape index (κ1) is 18.0. The molecular formula is C22H26FN3O. The molecule has 0 radical (unpaired) electrons. The fourth-order valence-electron chi connectivity index (χ4n) is 4.12. The molecule has 4 rings (SSSR count). The van der Waals surface area contributed by atoms with E-state index < -0.39 is 0 Å². The average Bonchev–Trinajstić information content (AvgIpc) is 2.73. The molecule has 0 spiro atoms. The Morgan fingerprint density at radius 3 is 2.30 bits per heavy atom. The summed E-state index contributed by atoms with van der Waals surface area (Å²) in [6.07, 6.45) is 0.937. The number of piperazine rings is 1. The maximum Gasteiger partial charge on any atom is 0.239 e. The lowest BCUT2D eigenvalue weighted by molar-refractivity contribution is -0.137. The number of hydrogen-bond acceptors (Lipinski definition) is 3. The first-order valence-corrected chi connectivity index (χ1v) is 9.72. The maximum absolute atomic E-state index is 13.1. The van der Waals surface area contributed by atoms with Crippen LogP contribution in [0.3, 0.4) is 0 Å². The summed E-state index contributed by atoms with van der Waals surface area (Å²) >= 11 is 0. The minimum Gasteiger partial charge on any atom is -0.369 e. The predicted molar refractivity (Wildman–Crippen MR) is 105 cm³/mol. The number of anilines is 1. The number of benzene rings is 2. The first-order chi connectivity index (χ1) is 13.1. The second kappa shape index (κ2) is 7.69. The zero-order valence-corrected chi connectivity index (χ0v) is 15.8. The van der Waals surface area contributed by atoms with Crippen LogP contribution in [0.5, 0.6) is 0 Å². The van der Waals surface area contributed by atoms with Gasteiger partial charge in [-0.25, -0.2) is 4.39 Å². The summed E-state index contributed by atoms with van der Waals surface area (Å²) in [7, 11) is 0. The quantitative estimate of drug-likeness (QED) is 0.835. The van der Waals surface area contributed by atoms with Gasteiger partial charge in [-0.05, 0) is 48.7 Å². The van der Waals surface area contributed by atoms with Crippen molar-refractivity contribution in [2.24, 2.45) is 0 Å². The Balaban J connectivity index is 1.34. The number of carbonyl (C=O) groups is 1. The fourth-order valence-corrected chi connectivity index (χ4v) is 4.12. The molecule has 0 bridgehead atoms. The van der Waals surface area contributed by atoms with Gasteiger partial charge in [-0.3, -0.25) is 9.69 Å². The minimum atomic E-state index is -0.209. The summed E-state index contributed by atoms with van der Waals surface area (Å²) in [5.41, 5.74) is 3.68. The third-order valence-electron chi connectivity index (χ3n) is 5.85. The molecule has 142 valence electrons. The Kier molecular flexibility index (Phi) is 5.12. The van der Waals surface area contributed by atoms with Crippen LogP contribution in [0.2, 0.25) is 0 Å². The lowest BCUT2D eigenvalue weighted by Crippen LogP contribution is -2.55. The van der Waals surface area contributed by atoms with Crippen molar-refractivity contribution >= 4 is 11.6 Å². The molecule has 1 fully saturated rings. The molecule has 1 unspecified atom stereocenters. The summed E-state index contributed by atoms with van der Waals surface area (Å²) in [6.45, 7) is 6.93. The topological polar surface area (TPSA) is 26.8 Å². The Morgan fingerprint density at radius 2 is 1.59 bits per heavy atom. The highest BCUT2D eigenvalue weighted by molar-refractivity contribution is 5.81. The molecule has 5 heteroatoms. The number of nitrogens with zero attached hydrogens (tertiary/aromatic N) is 3. The third-order valence-corrected chi connectivity index (χ3v) is 5.85. The SMILES string of the molecule is CC(C(=O)N1CCc2ccccc2C1)N1CCN(c2ccc(F)cc2)CC1. The summed E-state index contributed by atoms with van der Waals surface area (Å²) in [6, 6.07) is 14.9. The van der Waals surface area contributed by atoms with E-state index in [1.165, 1.54) is 23.3 Å². The van der Waals surface area contributed by atoms with E-state index in [-0.39, 0.29) is 17.8 Å². The first-order valence-electron chi connectivity index (χ1n) is 9.72. The number of fused-ring (bicyclic) bond motifs is 1. The van der Waals surface area contributed by atoms with Gasteiger partial charge in [0, 0.05) is 45.0 Å². The highest BCUT2D eigenvalue weighted by atomic mass is 19.1. The van der Waals surface area contributed by atoms with Gasteiger partial charge in [0.1, 0.15) is 5.82 Å². The zero-order chi connectivity index (χ0) is 18.8. The number of carbonyl (C=O) groups excluding carboxylic acids is 1. The van der Waals surface area contributed by atoms with Gasteiger partial charge in [-0.1, -0.05) is 24.3 Å². The normalized spacial score (nSPS) is 18.9. The summed E-state index contributed by atoms with van der Waals surface area (Å²) < 4.78 is 13.1. The van der Waals surface area contributed by atoms with Gasteiger partial charge in [0.25, 0.3) is 0 Å². The van der Waals surface area contributed by atoms with Crippen LogP contribution in [0, 0.1) is 5.82 Å². The van der Waals surface area contributed by atoms with Gasteiger partial charge in [0.15, 0.2) is 0 Å². The van der Waals surface area contributed by atoms with Crippen LogP contribution in [-0.2, 0) is 17.8 Å². The second-order valence-corrected chi connectivity index (χ2v) is 7.45. The summed E-state index contributed by atoms with van der Waals surface area (Å²) in [4.78, 5) is 19.5. The summed E-state index contributed by atoms with van der Waals surface area (Å²) in [5.74, 6) is 0.0134. The Bertz CT molecular complexity index is 799. The van der Waals surface area contributed by atoms with Crippen molar-refractivity contribution in [2.75, 3.05) is 37.6 Å². The number of rotatable bonds is 3. The largest absolute Gasteiger partial charge is 0.369 e. The molecule has 2 aromatic rings. The monoisotopic (exact) mass is 367 g/mol. The van der Waals surface area contributed by atoms with Crippen molar-refractivity contribution < 1.29 is 9.18 Å². The number of hydrogen-bond donors (Lipinski definition) is 0. The van der Waals surface area contributed by atoms with Crippen molar-refractivity contribution in [3.8, 4) is 0 Å². The molecule has 2 aliphatic heterocycles. The van der Waals surface area contributed by atoms with Crippen LogP contribution >= 0.6 is 0 Å². The van der Waals surface area contributed by atoms with E-state index >= 15 is 0 Å². The van der Waals surface area contributed by atoms with E-state index in [1.807, 2.05) is 30.0 Å². The summed E-state index contributed by atoms with van der Waals surface area (Å²) in [5, 5.41) is 0. The van der Waals surface area contributed by atoms with Crippen molar-refractivity contribution in [3.05, 3.63) is 65.5 Å². The second-order valence-electron chi connectivity index (χ2n) is 7.45. The van der Waals surface area contributed by atoms with Gasteiger partial charge in [-0.15, -0.1) is 0 Å². The van der Waals surface area contributed by atoms with E-state index in [1.54, 1.807) is 0 Å². The minimum absolute atomic E-state index is 0.106. The number of amides is 1. The van der Waals surface area contributed by atoms with Crippen LogP contribution in [0.15, 0.2) is 48.5 Å². The van der Waals surface area contributed by atoms with Gasteiger partial charge in [0.05, 0.1) is 6.04 Å². The molecule has 2 aromatic carbocycles. The van der Waals surface area contributed by atoms with E-state index in [0.717, 1.165) is 51.4 Å². The smallest absolute Gasteiger partial charge is 0.239 e. The molecule has 1 saturated heterocycles. The lowest BCUT2D eigenvalue weighted by atomic mass is 9.99. The van der Waals surface area contributed by atoms with Crippen LogP contribution in [0.25, 0.3) is 0 Å². The van der Waals surface area contributed by atoms with Gasteiger partial charge in [0.2, 0.25) is 5.91 Å². The van der Waals surface area contributed by atoms with Gasteiger partial charge >= 0.3 is 0 Å². The van der Waals surface area contributed by atoms with Crippen LogP contribution in [0.1, 0.15) is 18.1 Å². The predicted octanol–water partition coefficient (Wildman–Crippen LogP) is 2.92. The van der Waals surface area contributed by atoms with Crippen molar-refractivity contribution in [1.29, 1.82) is 0 Å². The van der Waals surface area contributed by atoms with E-state index in [2.05, 4.69) is 28.0 Å². The molecule has 0 saturated carbocycles. The van der Waals surface area contributed by atoms with Gasteiger partial charge < -0.3 is 9.80 Å². The van der Waals surface area contributed by atoms with E-state index in [0.29, 0.717) is 0 Å². The Morgan fingerprint density at radius 1 is 0.926 bits per heavy atom. The molecule has 0 aromatic heterocycles. The molecule has 2 aliphatic rings. The Labute approximate surface area is 160 Å². The van der Waals surface area contributed by atoms with Crippen molar-refractivity contribution in [2.45, 2.75) is 25.9 Å². The van der Waals surface area contributed by atoms with Crippen LogP contribution in [0.4, 0.5) is 10.1 Å². The molecule has 1 amide bonds. The molecule has 0 N–H and O–H groups in total. The molecular weight excluding hydrogens is 341 g/mol. The van der Waals surface area contributed by atoms with E-state index in [4.69, 9.17) is 0 Å². The van der Waals surface area contributed by atoms with Crippen LogP contribution < -0.4 is 4.90 Å². The van der Waals surface area contributed by atoms with Gasteiger partial charge in [-0.2, -0.15) is 0 Å². The molecule has 2 heterocycles. The van der Waals surface area contributed by atoms with Crippen LogP contribution in [-0.4, -0.2) is 54.5 Å². The molecule has 4 nitrogen and oxygen atoms in total. The molecule has 27 heavy (non-hydrogen) atoms. The number of halogens is 1. The lowest BCUT2D eigenvalue weighted by Gasteiger charge is -2.40. The Hall–Kier alpha value is -2.40. The molecule has 0 aliphatic carbocycles. The highest BCUT2D eigenvalue weighted by Gasteiger charge is 2.30. The average molecular weight is 367 g/mol. The third kappa shape index (κ3) is 3.83. The van der Waals surface area contributed by atoms with Crippen molar-refractivity contribution in [3.63, 3.8) is 0 Å². The standard InChI is InChI=1S/C22H26FN3O/c1-17(22(27)26-11-10-18-4-2-3-5-19(18)16-26)24-12-14-25(15-13-24)21-8-6-20(23)7-9-21/h2-9,17H,10-16H2,1H3. The highest BCUT2D eigenvalue weighted by Crippen LogP contribution is 2.21. The molecule has 1 atom stereocenters. The fraction of sp³-hybridized carbons (Fsp3) is 0.409. The zero-order valence-electron chi connectivity index (χ0n) is 15.8.